The smallest absolute Gasteiger partial charge is 0.265 e. The first-order chi connectivity index (χ1) is 15.0. The summed E-state index contributed by atoms with van der Waals surface area (Å²) in [6, 6.07) is 19.1. The summed E-state index contributed by atoms with van der Waals surface area (Å²) in [5, 5.41) is 5.48. The maximum absolute atomic E-state index is 12.6. The van der Waals surface area contributed by atoms with Gasteiger partial charge in [-0.25, -0.2) is 0 Å². The lowest BCUT2D eigenvalue weighted by Crippen LogP contribution is -2.10. The highest BCUT2D eigenvalue weighted by atomic mass is 35.5. The Hall–Kier alpha value is -3.12. The zero-order valence-electron chi connectivity index (χ0n) is 16.0. The molecule has 2 aromatic carbocycles. The van der Waals surface area contributed by atoms with Gasteiger partial charge in [-0.2, -0.15) is 0 Å². The molecule has 0 saturated heterocycles. The van der Waals surface area contributed by atoms with Gasteiger partial charge < -0.3 is 9.73 Å². The van der Waals surface area contributed by atoms with Gasteiger partial charge >= 0.3 is 0 Å². The molecular formula is C24H15Cl2NO3S. The number of nitrogens with one attached hydrogen (secondary N) is 1. The lowest BCUT2D eigenvalue weighted by Gasteiger charge is -2.05. The Labute approximate surface area is 192 Å². The standard InChI is InChI=1S/C24H15Cl2NO3S/c25-19-7-2-6-18(23(19)26)21-12-10-17(30-21)9-11-20(28)15-4-1-5-16(14-15)27-24(29)22-8-3-13-31-22/h1-14H,(H,27,29)/b11-9+. The molecule has 4 rings (SSSR count). The van der Waals surface area contributed by atoms with Crippen molar-refractivity contribution in [2.75, 3.05) is 5.32 Å². The van der Waals surface area contributed by atoms with Crippen molar-refractivity contribution in [1.82, 2.24) is 0 Å². The molecule has 31 heavy (non-hydrogen) atoms. The maximum atomic E-state index is 12.6. The molecule has 0 fully saturated rings. The number of carbonyl (C=O) groups excluding carboxylic acids is 2. The summed E-state index contributed by atoms with van der Waals surface area (Å²) < 4.78 is 5.77. The van der Waals surface area contributed by atoms with E-state index in [1.54, 1.807) is 60.7 Å². The second-order valence-corrected chi connectivity index (χ2v) is 8.25. The van der Waals surface area contributed by atoms with Gasteiger partial charge in [0.1, 0.15) is 11.5 Å². The van der Waals surface area contributed by atoms with E-state index < -0.39 is 0 Å². The van der Waals surface area contributed by atoms with Gasteiger partial charge in [0.2, 0.25) is 0 Å². The summed E-state index contributed by atoms with van der Waals surface area (Å²) in [6.07, 6.45) is 3.00. The average molecular weight is 468 g/mol. The molecule has 0 aliphatic rings. The molecule has 0 radical (unpaired) electrons. The quantitative estimate of drug-likeness (QED) is 0.236. The Balaban J connectivity index is 1.47. The van der Waals surface area contributed by atoms with Crippen LogP contribution in [-0.2, 0) is 0 Å². The Morgan fingerprint density at radius 1 is 0.968 bits per heavy atom. The van der Waals surface area contributed by atoms with E-state index in [2.05, 4.69) is 5.32 Å². The van der Waals surface area contributed by atoms with Gasteiger partial charge in [0.05, 0.1) is 14.9 Å². The zero-order chi connectivity index (χ0) is 21.8. The molecule has 4 aromatic rings. The fraction of sp³-hybridized carbons (Fsp3) is 0. The number of furan rings is 1. The van der Waals surface area contributed by atoms with Crippen LogP contribution in [-0.4, -0.2) is 11.7 Å². The van der Waals surface area contributed by atoms with E-state index in [0.717, 1.165) is 0 Å². The van der Waals surface area contributed by atoms with Crippen LogP contribution in [0.1, 0.15) is 25.8 Å². The third-order valence-electron chi connectivity index (χ3n) is 4.39. The number of rotatable bonds is 6. The second-order valence-electron chi connectivity index (χ2n) is 6.51. The van der Waals surface area contributed by atoms with Crippen molar-refractivity contribution in [3.05, 3.63) is 104 Å². The summed E-state index contributed by atoms with van der Waals surface area (Å²) in [7, 11) is 0. The number of allylic oxidation sites excluding steroid dienone is 1. The van der Waals surface area contributed by atoms with E-state index in [4.69, 9.17) is 27.6 Å². The number of carbonyl (C=O) groups is 2. The van der Waals surface area contributed by atoms with E-state index >= 15 is 0 Å². The first kappa shape index (κ1) is 21.1. The molecule has 2 heterocycles. The number of hydrogen-bond acceptors (Lipinski definition) is 4. The van der Waals surface area contributed by atoms with Crippen molar-refractivity contribution in [3.8, 4) is 11.3 Å². The van der Waals surface area contributed by atoms with Crippen molar-refractivity contribution >= 4 is 58.0 Å². The summed E-state index contributed by atoms with van der Waals surface area (Å²) in [5.41, 5.74) is 1.67. The molecule has 0 aliphatic carbocycles. The minimum absolute atomic E-state index is 0.210. The zero-order valence-corrected chi connectivity index (χ0v) is 18.3. The molecule has 1 N–H and O–H groups in total. The monoisotopic (exact) mass is 467 g/mol. The molecule has 2 aromatic heterocycles. The minimum Gasteiger partial charge on any atom is -0.457 e. The Morgan fingerprint density at radius 2 is 1.81 bits per heavy atom. The van der Waals surface area contributed by atoms with Gasteiger partial charge in [-0.3, -0.25) is 9.59 Å². The maximum Gasteiger partial charge on any atom is 0.265 e. The van der Waals surface area contributed by atoms with Crippen LogP contribution in [0.2, 0.25) is 10.0 Å². The number of benzene rings is 2. The highest BCUT2D eigenvalue weighted by Crippen LogP contribution is 2.34. The van der Waals surface area contributed by atoms with Gasteiger partial charge in [-0.1, -0.05) is 47.5 Å². The van der Waals surface area contributed by atoms with Gasteiger partial charge in [0, 0.05) is 16.8 Å². The Bertz CT molecular complexity index is 1280. The van der Waals surface area contributed by atoms with Crippen molar-refractivity contribution in [3.63, 3.8) is 0 Å². The van der Waals surface area contributed by atoms with Crippen molar-refractivity contribution in [2.45, 2.75) is 0 Å². The molecule has 0 unspecified atom stereocenters. The van der Waals surface area contributed by atoms with Crippen molar-refractivity contribution < 1.29 is 14.0 Å². The predicted molar refractivity (Wildman–Crippen MR) is 126 cm³/mol. The lowest BCUT2D eigenvalue weighted by atomic mass is 10.1. The number of ketones is 1. The third kappa shape index (κ3) is 4.97. The van der Waals surface area contributed by atoms with Gasteiger partial charge in [-0.05, 0) is 60.0 Å². The molecule has 7 heteroatoms. The molecule has 1 amide bonds. The number of thiophene rings is 1. The van der Waals surface area contributed by atoms with Gasteiger partial charge in [0.15, 0.2) is 5.78 Å². The first-order valence-corrected chi connectivity index (χ1v) is 10.9. The summed E-state index contributed by atoms with van der Waals surface area (Å²) in [4.78, 5) is 25.4. The average Bonchev–Trinajstić information content (AvgIpc) is 3.46. The van der Waals surface area contributed by atoms with Gasteiger partial charge in [0.25, 0.3) is 5.91 Å². The molecule has 0 spiro atoms. The van der Waals surface area contributed by atoms with E-state index in [9.17, 15) is 9.59 Å². The number of hydrogen-bond donors (Lipinski definition) is 1. The van der Waals surface area contributed by atoms with Crippen LogP contribution in [0.3, 0.4) is 0 Å². The second kappa shape index (κ2) is 9.35. The van der Waals surface area contributed by atoms with Gasteiger partial charge in [-0.15, -0.1) is 11.3 Å². The molecule has 0 saturated carbocycles. The van der Waals surface area contributed by atoms with Crippen LogP contribution in [0.5, 0.6) is 0 Å². The van der Waals surface area contributed by atoms with E-state index in [0.29, 0.717) is 43.3 Å². The number of amides is 1. The Morgan fingerprint density at radius 3 is 2.61 bits per heavy atom. The highest BCUT2D eigenvalue weighted by molar-refractivity contribution is 7.12. The van der Waals surface area contributed by atoms with E-state index in [-0.39, 0.29) is 11.7 Å². The highest BCUT2D eigenvalue weighted by Gasteiger charge is 2.11. The normalized spacial score (nSPS) is 11.0. The molecular weight excluding hydrogens is 453 g/mol. The lowest BCUT2D eigenvalue weighted by molar-refractivity contribution is 0.102. The Kier molecular flexibility index (Phi) is 6.37. The summed E-state index contributed by atoms with van der Waals surface area (Å²) in [5.74, 6) is 0.628. The largest absolute Gasteiger partial charge is 0.457 e. The van der Waals surface area contributed by atoms with Crippen LogP contribution in [0.4, 0.5) is 5.69 Å². The molecule has 4 nitrogen and oxygen atoms in total. The van der Waals surface area contributed by atoms with Crippen LogP contribution in [0.15, 0.2) is 82.6 Å². The fourth-order valence-corrected chi connectivity index (χ4v) is 3.90. The first-order valence-electron chi connectivity index (χ1n) is 9.23. The SMILES string of the molecule is O=C(/C=C/c1ccc(-c2cccc(Cl)c2Cl)o1)c1cccc(NC(=O)c2cccs2)c1. The minimum atomic E-state index is -0.217. The van der Waals surface area contributed by atoms with Crippen LogP contribution >= 0.6 is 34.5 Å². The van der Waals surface area contributed by atoms with E-state index in [1.807, 2.05) is 17.5 Å². The van der Waals surface area contributed by atoms with Crippen LogP contribution < -0.4 is 5.32 Å². The van der Waals surface area contributed by atoms with Crippen molar-refractivity contribution in [1.29, 1.82) is 0 Å². The van der Waals surface area contributed by atoms with Crippen LogP contribution in [0, 0.1) is 0 Å². The third-order valence-corrected chi connectivity index (χ3v) is 6.08. The predicted octanol–water partition coefficient (Wildman–Crippen LogP) is 7.46. The number of halogens is 2. The van der Waals surface area contributed by atoms with Crippen molar-refractivity contribution in [2.24, 2.45) is 0 Å². The molecule has 154 valence electrons. The summed E-state index contributed by atoms with van der Waals surface area (Å²) >= 11 is 13.6. The molecule has 0 atom stereocenters. The molecule has 0 aliphatic heterocycles. The van der Waals surface area contributed by atoms with Crippen LogP contribution in [0.25, 0.3) is 17.4 Å². The fourth-order valence-electron chi connectivity index (χ4n) is 2.89. The van der Waals surface area contributed by atoms with E-state index in [1.165, 1.54) is 17.4 Å². The molecule has 0 bridgehead atoms. The topological polar surface area (TPSA) is 59.3 Å². The number of anilines is 1. The summed E-state index contributed by atoms with van der Waals surface area (Å²) in [6.45, 7) is 0.